The van der Waals surface area contributed by atoms with Gasteiger partial charge in [-0.2, -0.15) is 5.10 Å². The molecule has 0 bridgehead atoms. The SMILES string of the molecule is Cn1cc2c(n1)-c1cccc(NC(=O)OC(C)(C)C)c1OC2. The van der Waals surface area contributed by atoms with Gasteiger partial charge >= 0.3 is 6.09 Å². The summed E-state index contributed by atoms with van der Waals surface area (Å²) in [7, 11) is 1.88. The molecule has 0 spiro atoms. The number of aromatic nitrogens is 2. The van der Waals surface area contributed by atoms with Crippen LogP contribution in [0.2, 0.25) is 0 Å². The van der Waals surface area contributed by atoms with Crippen molar-refractivity contribution in [2.24, 2.45) is 7.05 Å². The smallest absolute Gasteiger partial charge is 0.412 e. The van der Waals surface area contributed by atoms with Crippen LogP contribution in [0, 0.1) is 0 Å². The van der Waals surface area contributed by atoms with Crippen LogP contribution in [0.4, 0.5) is 10.5 Å². The van der Waals surface area contributed by atoms with E-state index in [1.807, 2.05) is 46.1 Å². The van der Waals surface area contributed by atoms with E-state index in [4.69, 9.17) is 9.47 Å². The Kier molecular flexibility index (Phi) is 3.31. The van der Waals surface area contributed by atoms with E-state index >= 15 is 0 Å². The molecule has 1 aliphatic heterocycles. The maximum absolute atomic E-state index is 12.0. The number of amides is 1. The lowest BCUT2D eigenvalue weighted by atomic mass is 10.0. The first-order valence-corrected chi connectivity index (χ1v) is 7.12. The number of carbonyl (C=O) groups excluding carboxylic acids is 1. The van der Waals surface area contributed by atoms with E-state index in [2.05, 4.69) is 10.4 Å². The summed E-state index contributed by atoms with van der Waals surface area (Å²) in [6, 6.07) is 5.58. The third-order valence-corrected chi connectivity index (χ3v) is 3.18. The minimum absolute atomic E-state index is 0.434. The number of aryl methyl sites for hydroxylation is 1. The Bertz CT molecular complexity index is 729. The molecule has 1 aliphatic rings. The summed E-state index contributed by atoms with van der Waals surface area (Å²) >= 11 is 0. The molecule has 0 fully saturated rings. The van der Waals surface area contributed by atoms with Crippen molar-refractivity contribution in [2.45, 2.75) is 33.0 Å². The number of nitrogens with one attached hydrogen (secondary N) is 1. The number of benzene rings is 1. The third-order valence-electron chi connectivity index (χ3n) is 3.18. The zero-order valence-corrected chi connectivity index (χ0v) is 13.1. The molecule has 2 heterocycles. The first-order valence-electron chi connectivity index (χ1n) is 7.12. The molecular formula is C16H19N3O3. The Hall–Kier alpha value is -2.50. The molecule has 2 aromatic rings. The molecular weight excluding hydrogens is 282 g/mol. The highest BCUT2D eigenvalue weighted by atomic mass is 16.6. The van der Waals surface area contributed by atoms with E-state index in [-0.39, 0.29) is 0 Å². The van der Waals surface area contributed by atoms with E-state index in [0.717, 1.165) is 16.8 Å². The van der Waals surface area contributed by atoms with Gasteiger partial charge in [-0.3, -0.25) is 10.00 Å². The molecule has 0 unspecified atom stereocenters. The molecule has 3 rings (SSSR count). The summed E-state index contributed by atoms with van der Waals surface area (Å²) in [5.74, 6) is 0.625. The summed E-state index contributed by atoms with van der Waals surface area (Å²) in [6.45, 7) is 5.90. The summed E-state index contributed by atoms with van der Waals surface area (Å²) in [5.41, 5.74) is 2.83. The van der Waals surface area contributed by atoms with Gasteiger partial charge in [-0.15, -0.1) is 0 Å². The number of ether oxygens (including phenoxy) is 2. The van der Waals surface area contributed by atoms with E-state index in [1.165, 1.54) is 0 Å². The monoisotopic (exact) mass is 301 g/mol. The van der Waals surface area contributed by atoms with Crippen LogP contribution in [0.25, 0.3) is 11.3 Å². The zero-order chi connectivity index (χ0) is 15.9. The van der Waals surface area contributed by atoms with Crippen molar-refractivity contribution in [1.29, 1.82) is 0 Å². The molecule has 0 saturated heterocycles. The number of hydrogen-bond donors (Lipinski definition) is 1. The second-order valence-corrected chi connectivity index (χ2v) is 6.27. The van der Waals surface area contributed by atoms with Crippen molar-refractivity contribution in [1.82, 2.24) is 9.78 Å². The van der Waals surface area contributed by atoms with E-state index in [1.54, 1.807) is 10.7 Å². The number of nitrogens with zero attached hydrogens (tertiary/aromatic N) is 2. The molecule has 6 nitrogen and oxygen atoms in total. The Morgan fingerprint density at radius 2 is 2.18 bits per heavy atom. The predicted molar refractivity (Wildman–Crippen MR) is 82.8 cm³/mol. The molecule has 1 aromatic carbocycles. The molecule has 22 heavy (non-hydrogen) atoms. The highest BCUT2D eigenvalue weighted by molar-refractivity contribution is 5.90. The Balaban J connectivity index is 1.91. The molecule has 1 aromatic heterocycles. The van der Waals surface area contributed by atoms with Crippen molar-refractivity contribution >= 4 is 11.8 Å². The average molecular weight is 301 g/mol. The van der Waals surface area contributed by atoms with Gasteiger partial charge in [0.25, 0.3) is 0 Å². The number of fused-ring (bicyclic) bond motifs is 3. The van der Waals surface area contributed by atoms with Crippen molar-refractivity contribution in [3.8, 4) is 17.0 Å². The second-order valence-electron chi connectivity index (χ2n) is 6.27. The topological polar surface area (TPSA) is 65.4 Å². The van der Waals surface area contributed by atoms with Crippen LogP contribution in [0.5, 0.6) is 5.75 Å². The van der Waals surface area contributed by atoms with Gasteiger partial charge in [-0.25, -0.2) is 4.79 Å². The van der Waals surface area contributed by atoms with Gasteiger partial charge in [0, 0.05) is 24.4 Å². The molecule has 1 amide bonds. The Morgan fingerprint density at radius 1 is 1.41 bits per heavy atom. The van der Waals surface area contributed by atoms with E-state index in [0.29, 0.717) is 18.0 Å². The Labute approximate surface area is 129 Å². The third kappa shape index (κ3) is 2.77. The maximum atomic E-state index is 12.0. The normalized spacial score (nSPS) is 12.9. The number of rotatable bonds is 1. The van der Waals surface area contributed by atoms with Gasteiger partial charge < -0.3 is 9.47 Å². The predicted octanol–water partition coefficient (Wildman–Crippen LogP) is 3.33. The maximum Gasteiger partial charge on any atom is 0.412 e. The molecule has 0 saturated carbocycles. The molecule has 0 radical (unpaired) electrons. The lowest BCUT2D eigenvalue weighted by molar-refractivity contribution is 0.0635. The van der Waals surface area contributed by atoms with Gasteiger partial charge in [0.05, 0.1) is 5.69 Å². The van der Waals surface area contributed by atoms with Gasteiger partial charge in [0.15, 0.2) is 5.75 Å². The molecule has 6 heteroatoms. The van der Waals surface area contributed by atoms with Crippen molar-refractivity contribution < 1.29 is 14.3 Å². The van der Waals surface area contributed by atoms with Gasteiger partial charge in [-0.1, -0.05) is 6.07 Å². The molecule has 0 atom stereocenters. The highest BCUT2D eigenvalue weighted by Crippen LogP contribution is 2.41. The summed E-state index contributed by atoms with van der Waals surface area (Å²) in [5, 5.41) is 7.21. The number of hydrogen-bond acceptors (Lipinski definition) is 4. The second kappa shape index (κ2) is 5.05. The fraction of sp³-hybridized carbons (Fsp3) is 0.375. The first kappa shape index (κ1) is 14.4. The lowest BCUT2D eigenvalue weighted by Crippen LogP contribution is -2.27. The number of carbonyl (C=O) groups is 1. The average Bonchev–Trinajstić information content (AvgIpc) is 2.77. The summed E-state index contributed by atoms with van der Waals surface area (Å²) < 4.78 is 12.8. The van der Waals surface area contributed by atoms with Crippen molar-refractivity contribution in [3.05, 3.63) is 30.0 Å². The first-order chi connectivity index (χ1) is 10.3. The van der Waals surface area contributed by atoms with Crippen LogP contribution in [0.1, 0.15) is 26.3 Å². The standard InChI is InChI=1S/C16H19N3O3/c1-16(2,3)22-15(20)17-12-7-5-6-11-13-10(8-19(4)18-13)9-21-14(11)12/h5-8H,9H2,1-4H3,(H,17,20). The molecule has 116 valence electrons. The minimum atomic E-state index is -0.548. The van der Waals surface area contributed by atoms with E-state index in [9.17, 15) is 4.79 Å². The molecule has 0 aliphatic carbocycles. The zero-order valence-electron chi connectivity index (χ0n) is 13.1. The van der Waals surface area contributed by atoms with Crippen molar-refractivity contribution in [3.63, 3.8) is 0 Å². The summed E-state index contributed by atoms with van der Waals surface area (Å²) in [4.78, 5) is 12.0. The van der Waals surface area contributed by atoms with Gasteiger partial charge in [0.1, 0.15) is 17.9 Å². The lowest BCUT2D eigenvalue weighted by Gasteiger charge is -2.22. The summed E-state index contributed by atoms with van der Waals surface area (Å²) in [6.07, 6.45) is 1.43. The van der Waals surface area contributed by atoms with Crippen LogP contribution in [-0.4, -0.2) is 21.5 Å². The van der Waals surface area contributed by atoms with Crippen LogP contribution in [0.15, 0.2) is 24.4 Å². The van der Waals surface area contributed by atoms with Gasteiger partial charge in [-0.05, 0) is 32.9 Å². The quantitative estimate of drug-likeness (QED) is 0.877. The fourth-order valence-electron chi connectivity index (χ4n) is 2.41. The fourth-order valence-corrected chi connectivity index (χ4v) is 2.41. The van der Waals surface area contributed by atoms with Crippen molar-refractivity contribution in [2.75, 3.05) is 5.32 Å². The molecule has 1 N–H and O–H groups in total. The largest absolute Gasteiger partial charge is 0.486 e. The number of para-hydroxylation sites is 1. The van der Waals surface area contributed by atoms with Crippen LogP contribution < -0.4 is 10.1 Å². The van der Waals surface area contributed by atoms with Crippen LogP contribution in [0.3, 0.4) is 0 Å². The Morgan fingerprint density at radius 3 is 2.91 bits per heavy atom. The van der Waals surface area contributed by atoms with E-state index < -0.39 is 11.7 Å². The van der Waals surface area contributed by atoms with Crippen LogP contribution >= 0.6 is 0 Å². The minimum Gasteiger partial charge on any atom is -0.486 e. The van der Waals surface area contributed by atoms with Gasteiger partial charge in [0.2, 0.25) is 0 Å². The van der Waals surface area contributed by atoms with Crippen LogP contribution in [-0.2, 0) is 18.4 Å². The highest BCUT2D eigenvalue weighted by Gasteiger charge is 2.24. The number of anilines is 1.